The van der Waals surface area contributed by atoms with Gasteiger partial charge in [-0.15, -0.1) is 0 Å². The van der Waals surface area contributed by atoms with E-state index in [4.69, 9.17) is 10.5 Å². The summed E-state index contributed by atoms with van der Waals surface area (Å²) in [6.07, 6.45) is 0. The summed E-state index contributed by atoms with van der Waals surface area (Å²) >= 11 is 0. The molecular formula is C15H25N3O2. The Morgan fingerprint density at radius 2 is 1.90 bits per heavy atom. The second-order valence-electron chi connectivity index (χ2n) is 4.44. The molecule has 0 bridgehead atoms. The van der Waals surface area contributed by atoms with Crippen LogP contribution >= 0.6 is 0 Å². The maximum absolute atomic E-state index is 11.7. The molecule has 0 unspecified atom stereocenters. The first-order chi connectivity index (χ1) is 9.71. The van der Waals surface area contributed by atoms with Gasteiger partial charge >= 0.3 is 0 Å². The summed E-state index contributed by atoms with van der Waals surface area (Å²) in [5.41, 5.74) is 5.96. The lowest BCUT2D eigenvalue weighted by Gasteiger charge is -2.18. The highest BCUT2D eigenvalue weighted by Gasteiger charge is 2.05. The average Bonchev–Trinajstić information content (AvgIpc) is 2.50. The quantitative estimate of drug-likeness (QED) is 0.710. The van der Waals surface area contributed by atoms with Crippen molar-refractivity contribution in [1.29, 1.82) is 0 Å². The van der Waals surface area contributed by atoms with Crippen molar-refractivity contribution in [2.24, 2.45) is 5.73 Å². The van der Waals surface area contributed by atoms with Crippen LogP contribution in [0.2, 0.25) is 0 Å². The number of ether oxygens (including phenoxy) is 1. The second-order valence-corrected chi connectivity index (χ2v) is 4.44. The molecule has 0 aromatic heterocycles. The Morgan fingerprint density at radius 3 is 2.45 bits per heavy atom. The highest BCUT2D eigenvalue weighted by Crippen LogP contribution is 2.12. The van der Waals surface area contributed by atoms with Gasteiger partial charge in [-0.3, -0.25) is 4.79 Å². The largest absolute Gasteiger partial charge is 0.492 e. The molecule has 0 aliphatic heterocycles. The van der Waals surface area contributed by atoms with E-state index in [9.17, 15) is 4.79 Å². The van der Waals surface area contributed by atoms with Gasteiger partial charge in [-0.2, -0.15) is 0 Å². The van der Waals surface area contributed by atoms with Crippen molar-refractivity contribution in [2.75, 3.05) is 39.3 Å². The molecule has 0 fully saturated rings. The monoisotopic (exact) mass is 279 g/mol. The number of rotatable bonds is 9. The Kier molecular flexibility index (Phi) is 7.69. The third-order valence-corrected chi connectivity index (χ3v) is 3.12. The molecular weight excluding hydrogens is 254 g/mol. The molecule has 20 heavy (non-hydrogen) atoms. The lowest BCUT2D eigenvalue weighted by molar-refractivity contribution is 0.0954. The molecule has 0 saturated heterocycles. The van der Waals surface area contributed by atoms with E-state index in [1.807, 2.05) is 12.1 Å². The van der Waals surface area contributed by atoms with Gasteiger partial charge in [-0.05, 0) is 37.4 Å². The minimum atomic E-state index is -0.106. The van der Waals surface area contributed by atoms with Crippen LogP contribution in [0.4, 0.5) is 0 Å². The van der Waals surface area contributed by atoms with E-state index in [1.54, 1.807) is 12.1 Å². The second kappa shape index (κ2) is 9.34. The van der Waals surface area contributed by atoms with Gasteiger partial charge in [0, 0.05) is 25.2 Å². The zero-order chi connectivity index (χ0) is 14.8. The Labute approximate surface area is 121 Å². The highest BCUT2D eigenvalue weighted by atomic mass is 16.5. The van der Waals surface area contributed by atoms with Crippen LogP contribution in [0.5, 0.6) is 5.75 Å². The van der Waals surface area contributed by atoms with Gasteiger partial charge in [0.05, 0.1) is 0 Å². The lowest BCUT2D eigenvalue weighted by atomic mass is 10.2. The summed E-state index contributed by atoms with van der Waals surface area (Å²) in [6.45, 7) is 8.82. The van der Waals surface area contributed by atoms with Gasteiger partial charge in [-0.1, -0.05) is 13.8 Å². The van der Waals surface area contributed by atoms with Crippen molar-refractivity contribution in [3.05, 3.63) is 29.8 Å². The van der Waals surface area contributed by atoms with E-state index in [1.165, 1.54) is 0 Å². The maximum atomic E-state index is 11.7. The fourth-order valence-corrected chi connectivity index (χ4v) is 1.82. The van der Waals surface area contributed by atoms with Gasteiger partial charge in [0.25, 0.3) is 5.91 Å². The molecule has 1 aromatic carbocycles. The van der Waals surface area contributed by atoms with Crippen LogP contribution in [0, 0.1) is 0 Å². The normalized spacial score (nSPS) is 10.6. The van der Waals surface area contributed by atoms with Gasteiger partial charge in [0.2, 0.25) is 0 Å². The Morgan fingerprint density at radius 1 is 1.25 bits per heavy atom. The van der Waals surface area contributed by atoms with Crippen molar-refractivity contribution in [2.45, 2.75) is 13.8 Å². The summed E-state index contributed by atoms with van der Waals surface area (Å²) < 4.78 is 5.66. The number of nitrogens with two attached hydrogens (primary N) is 1. The number of carbonyl (C=O) groups excluding carboxylic acids is 1. The minimum Gasteiger partial charge on any atom is -0.492 e. The fraction of sp³-hybridized carbons (Fsp3) is 0.533. The predicted molar refractivity (Wildman–Crippen MR) is 81.1 cm³/mol. The molecule has 0 atom stereocenters. The van der Waals surface area contributed by atoms with Crippen LogP contribution in [-0.2, 0) is 0 Å². The first-order valence-corrected chi connectivity index (χ1v) is 7.14. The number of carbonyl (C=O) groups is 1. The van der Waals surface area contributed by atoms with Gasteiger partial charge in [-0.25, -0.2) is 0 Å². The number of nitrogens with zero attached hydrogens (tertiary/aromatic N) is 1. The van der Waals surface area contributed by atoms with Gasteiger partial charge in [0.15, 0.2) is 0 Å². The maximum Gasteiger partial charge on any atom is 0.251 e. The summed E-state index contributed by atoms with van der Waals surface area (Å²) in [5, 5.41) is 2.73. The lowest BCUT2D eigenvalue weighted by Crippen LogP contribution is -2.29. The van der Waals surface area contributed by atoms with Gasteiger partial charge in [0.1, 0.15) is 12.4 Å². The first kappa shape index (κ1) is 16.5. The molecule has 1 amide bonds. The summed E-state index contributed by atoms with van der Waals surface area (Å²) in [4.78, 5) is 14.0. The van der Waals surface area contributed by atoms with E-state index in [0.717, 1.165) is 25.4 Å². The van der Waals surface area contributed by atoms with Crippen LogP contribution in [0.3, 0.4) is 0 Å². The molecule has 0 aliphatic rings. The summed E-state index contributed by atoms with van der Waals surface area (Å²) in [5.74, 6) is 0.678. The van der Waals surface area contributed by atoms with Crippen LogP contribution in [0.25, 0.3) is 0 Å². The molecule has 5 heteroatoms. The molecule has 0 spiro atoms. The molecule has 0 aliphatic carbocycles. The minimum absolute atomic E-state index is 0.106. The molecule has 0 radical (unpaired) electrons. The molecule has 0 heterocycles. The fourth-order valence-electron chi connectivity index (χ4n) is 1.82. The summed E-state index contributed by atoms with van der Waals surface area (Å²) in [7, 11) is 0. The number of hydrogen-bond acceptors (Lipinski definition) is 4. The van der Waals surface area contributed by atoms with Crippen molar-refractivity contribution < 1.29 is 9.53 Å². The van der Waals surface area contributed by atoms with Crippen molar-refractivity contribution in [3.8, 4) is 5.75 Å². The van der Waals surface area contributed by atoms with Crippen LogP contribution in [0.15, 0.2) is 24.3 Å². The number of nitrogens with one attached hydrogen (secondary N) is 1. The zero-order valence-electron chi connectivity index (χ0n) is 12.4. The van der Waals surface area contributed by atoms with E-state index >= 15 is 0 Å². The van der Waals surface area contributed by atoms with Crippen LogP contribution in [-0.4, -0.2) is 50.1 Å². The molecule has 112 valence electrons. The van der Waals surface area contributed by atoms with E-state index in [0.29, 0.717) is 25.3 Å². The molecule has 1 rings (SSSR count). The van der Waals surface area contributed by atoms with E-state index in [2.05, 4.69) is 24.1 Å². The number of hydrogen-bond donors (Lipinski definition) is 2. The van der Waals surface area contributed by atoms with Crippen LogP contribution < -0.4 is 15.8 Å². The third-order valence-electron chi connectivity index (χ3n) is 3.12. The molecule has 0 saturated carbocycles. The first-order valence-electron chi connectivity index (χ1n) is 7.14. The van der Waals surface area contributed by atoms with Crippen molar-refractivity contribution >= 4 is 5.91 Å². The van der Waals surface area contributed by atoms with E-state index in [-0.39, 0.29) is 5.91 Å². The van der Waals surface area contributed by atoms with Crippen molar-refractivity contribution in [3.63, 3.8) is 0 Å². The topological polar surface area (TPSA) is 67.6 Å². The third kappa shape index (κ3) is 5.59. The Bertz CT molecular complexity index is 389. The number of amides is 1. The molecule has 5 nitrogen and oxygen atoms in total. The smallest absolute Gasteiger partial charge is 0.251 e. The van der Waals surface area contributed by atoms with E-state index < -0.39 is 0 Å². The zero-order valence-corrected chi connectivity index (χ0v) is 12.4. The summed E-state index contributed by atoms with van der Waals surface area (Å²) in [6, 6.07) is 7.16. The SMILES string of the molecule is CCN(CC)CCOc1ccc(C(=O)NCCN)cc1. The predicted octanol–water partition coefficient (Wildman–Crippen LogP) is 1.10. The van der Waals surface area contributed by atoms with Crippen LogP contribution in [0.1, 0.15) is 24.2 Å². The standard InChI is InChI=1S/C15H25N3O2/c1-3-18(4-2)11-12-20-14-7-5-13(6-8-14)15(19)17-10-9-16/h5-8H,3-4,9-12,16H2,1-2H3,(H,17,19). The Hall–Kier alpha value is -1.59. The Balaban J connectivity index is 2.40. The number of likely N-dealkylation sites (N-methyl/N-ethyl adjacent to an activating group) is 1. The van der Waals surface area contributed by atoms with Crippen molar-refractivity contribution in [1.82, 2.24) is 10.2 Å². The van der Waals surface area contributed by atoms with Gasteiger partial charge < -0.3 is 20.7 Å². The number of benzene rings is 1. The molecule has 3 N–H and O–H groups in total. The highest BCUT2D eigenvalue weighted by molar-refractivity contribution is 5.94. The molecule has 1 aromatic rings. The average molecular weight is 279 g/mol.